The molecule has 0 aromatic rings. The summed E-state index contributed by atoms with van der Waals surface area (Å²) in [6.07, 6.45) is 88.5. The van der Waals surface area contributed by atoms with Crippen LogP contribution in [0.4, 0.5) is 0 Å². The van der Waals surface area contributed by atoms with Gasteiger partial charge in [-0.1, -0.05) is 351 Å². The molecule has 0 aliphatic heterocycles. The fraction of sp³-hybridized carbons (Fsp3) is 0.824. The number of unbranched alkanes of at least 4 members (excludes halogenated alkanes) is 44. The minimum Gasteiger partial charge on any atom is -0.462 e. The van der Waals surface area contributed by atoms with E-state index in [1.54, 1.807) is 0 Å². The molecule has 0 amide bonds. The third-order valence-corrected chi connectivity index (χ3v) is 15.8. The molecule has 0 aromatic carbocycles. The van der Waals surface area contributed by atoms with E-state index >= 15 is 0 Å². The van der Waals surface area contributed by atoms with E-state index in [0.717, 1.165) is 89.9 Å². The molecule has 0 aliphatic rings. The maximum Gasteiger partial charge on any atom is 0.306 e. The lowest BCUT2D eigenvalue weighted by Crippen LogP contribution is -2.30. The van der Waals surface area contributed by atoms with Crippen LogP contribution in [0.5, 0.6) is 0 Å². The number of allylic oxidation sites excluding steroid dienone is 10. The molecule has 0 fully saturated rings. The number of hydrogen-bond donors (Lipinski definition) is 0. The maximum atomic E-state index is 12.9. The van der Waals surface area contributed by atoms with Crippen LogP contribution in [0.2, 0.25) is 0 Å². The fourth-order valence-electron chi connectivity index (χ4n) is 10.5. The Balaban J connectivity index is 4.03. The Kier molecular flexibility index (Phi) is 66.1. The van der Waals surface area contributed by atoms with Crippen molar-refractivity contribution in [2.24, 2.45) is 0 Å². The zero-order valence-electron chi connectivity index (χ0n) is 53.6. The van der Waals surface area contributed by atoms with Crippen molar-refractivity contribution in [1.82, 2.24) is 0 Å². The number of rotatable bonds is 65. The van der Waals surface area contributed by atoms with Crippen molar-refractivity contribution < 1.29 is 28.6 Å². The second-order valence-electron chi connectivity index (χ2n) is 23.8. The van der Waals surface area contributed by atoms with E-state index < -0.39 is 6.10 Å². The first-order valence-electron chi connectivity index (χ1n) is 35.3. The molecule has 466 valence electrons. The average molecular weight is 1120 g/mol. The molecule has 0 heterocycles. The zero-order chi connectivity index (χ0) is 57.8. The third kappa shape index (κ3) is 65.9. The first-order chi connectivity index (χ1) is 39.5. The van der Waals surface area contributed by atoms with E-state index in [1.165, 1.54) is 244 Å². The van der Waals surface area contributed by atoms with Crippen LogP contribution in [-0.4, -0.2) is 37.2 Å². The van der Waals surface area contributed by atoms with Crippen molar-refractivity contribution in [2.45, 2.75) is 380 Å². The van der Waals surface area contributed by atoms with Crippen LogP contribution in [0.15, 0.2) is 60.8 Å². The fourth-order valence-corrected chi connectivity index (χ4v) is 10.5. The van der Waals surface area contributed by atoms with Gasteiger partial charge in [0.25, 0.3) is 0 Å². The lowest BCUT2D eigenvalue weighted by molar-refractivity contribution is -0.167. The first-order valence-corrected chi connectivity index (χ1v) is 35.3. The van der Waals surface area contributed by atoms with Crippen LogP contribution in [0.3, 0.4) is 0 Å². The zero-order valence-corrected chi connectivity index (χ0v) is 53.6. The lowest BCUT2D eigenvalue weighted by atomic mass is 10.0. The van der Waals surface area contributed by atoms with Gasteiger partial charge in [0.1, 0.15) is 13.2 Å². The molecular weight excluding hydrogens is 985 g/mol. The predicted molar refractivity (Wildman–Crippen MR) is 348 cm³/mol. The molecule has 0 radical (unpaired) electrons. The molecule has 0 saturated heterocycles. The van der Waals surface area contributed by atoms with Gasteiger partial charge in [0.05, 0.1) is 0 Å². The van der Waals surface area contributed by atoms with E-state index in [0.29, 0.717) is 19.3 Å². The van der Waals surface area contributed by atoms with Crippen LogP contribution in [-0.2, 0) is 28.6 Å². The van der Waals surface area contributed by atoms with Crippen LogP contribution < -0.4 is 0 Å². The van der Waals surface area contributed by atoms with Gasteiger partial charge in [0, 0.05) is 19.3 Å². The largest absolute Gasteiger partial charge is 0.462 e. The molecule has 0 aromatic heterocycles. The standard InChI is InChI=1S/C74H134O6/c1-4-7-10-13-16-19-21-23-25-27-29-31-32-33-34-35-36-37-38-39-40-41-42-44-45-47-49-51-53-55-58-61-64-67-73(76)79-70-71(69-78-72(75)66-63-60-57-18-15-12-9-6-3)80-74(77)68-65-62-59-56-54-52-50-48-46-43-30-28-26-24-22-20-17-14-11-8-5-2/h7,10,16,19,23,25,29,31,33-34,71H,4-6,8-9,11-15,17-18,20-22,24,26-28,30,32,35-70H2,1-3H3/b10-7-,19-16-,25-23-,31-29-,34-33-. The summed E-state index contributed by atoms with van der Waals surface area (Å²) in [6.45, 7) is 6.56. The molecule has 6 nitrogen and oxygen atoms in total. The maximum absolute atomic E-state index is 12.9. The van der Waals surface area contributed by atoms with Gasteiger partial charge in [-0.15, -0.1) is 0 Å². The monoisotopic (exact) mass is 1120 g/mol. The summed E-state index contributed by atoms with van der Waals surface area (Å²) in [5.41, 5.74) is 0. The van der Waals surface area contributed by atoms with Crippen molar-refractivity contribution in [3.05, 3.63) is 60.8 Å². The van der Waals surface area contributed by atoms with E-state index in [-0.39, 0.29) is 31.1 Å². The summed E-state index contributed by atoms with van der Waals surface area (Å²) in [6, 6.07) is 0. The number of carbonyl (C=O) groups excluding carboxylic acids is 3. The first kappa shape index (κ1) is 77.1. The number of hydrogen-bond acceptors (Lipinski definition) is 6. The minimum absolute atomic E-state index is 0.0670. The smallest absolute Gasteiger partial charge is 0.306 e. The van der Waals surface area contributed by atoms with Gasteiger partial charge in [-0.2, -0.15) is 0 Å². The molecule has 80 heavy (non-hydrogen) atoms. The summed E-state index contributed by atoms with van der Waals surface area (Å²) in [5, 5.41) is 0. The average Bonchev–Trinajstić information content (AvgIpc) is 3.46. The Labute approximate surface area is 498 Å². The summed E-state index contributed by atoms with van der Waals surface area (Å²) in [7, 11) is 0. The van der Waals surface area contributed by atoms with Gasteiger partial charge in [0.2, 0.25) is 0 Å². The molecular formula is C74H134O6. The van der Waals surface area contributed by atoms with Crippen LogP contribution in [0.25, 0.3) is 0 Å². The van der Waals surface area contributed by atoms with E-state index in [2.05, 4.69) is 81.5 Å². The molecule has 0 bridgehead atoms. The van der Waals surface area contributed by atoms with Crippen molar-refractivity contribution in [3.63, 3.8) is 0 Å². The van der Waals surface area contributed by atoms with Crippen molar-refractivity contribution in [2.75, 3.05) is 13.2 Å². The second kappa shape index (κ2) is 68.6. The normalized spacial score (nSPS) is 12.4. The summed E-state index contributed by atoms with van der Waals surface area (Å²) < 4.78 is 16.9. The summed E-state index contributed by atoms with van der Waals surface area (Å²) >= 11 is 0. The molecule has 6 heteroatoms. The highest BCUT2D eigenvalue weighted by Gasteiger charge is 2.19. The van der Waals surface area contributed by atoms with Gasteiger partial charge in [-0.3, -0.25) is 14.4 Å². The Morgan fingerprint density at radius 3 is 0.762 bits per heavy atom. The number of ether oxygens (including phenoxy) is 3. The SMILES string of the molecule is CC/C=C\C/C=C\C/C=C\C/C=C\C/C=C\CCCCCCCCCCCCCCCCCCCC(=O)OCC(COC(=O)CCCCCCCCCC)OC(=O)CCCCCCCCCCCCCCCCCCCCCCC. The molecule has 0 N–H and O–H groups in total. The topological polar surface area (TPSA) is 78.9 Å². The molecule has 1 unspecified atom stereocenters. The second-order valence-corrected chi connectivity index (χ2v) is 23.8. The molecule has 0 spiro atoms. The van der Waals surface area contributed by atoms with Gasteiger partial charge in [0.15, 0.2) is 6.10 Å². The Morgan fingerprint density at radius 2 is 0.487 bits per heavy atom. The van der Waals surface area contributed by atoms with E-state index in [4.69, 9.17) is 14.2 Å². The molecule has 0 saturated carbocycles. The van der Waals surface area contributed by atoms with Crippen LogP contribution in [0.1, 0.15) is 374 Å². The lowest BCUT2D eigenvalue weighted by Gasteiger charge is -2.18. The van der Waals surface area contributed by atoms with Gasteiger partial charge in [-0.25, -0.2) is 0 Å². The highest BCUT2D eigenvalue weighted by atomic mass is 16.6. The Hall–Kier alpha value is -2.89. The quantitative estimate of drug-likeness (QED) is 0.0261. The number of carbonyl (C=O) groups is 3. The summed E-state index contributed by atoms with van der Waals surface area (Å²) in [4.78, 5) is 38.2. The minimum atomic E-state index is -0.768. The molecule has 0 aliphatic carbocycles. The molecule has 0 rings (SSSR count). The van der Waals surface area contributed by atoms with E-state index in [1.807, 2.05) is 0 Å². The van der Waals surface area contributed by atoms with Gasteiger partial charge in [-0.05, 0) is 64.2 Å². The van der Waals surface area contributed by atoms with Gasteiger partial charge < -0.3 is 14.2 Å². The Bertz CT molecular complexity index is 1430. The number of esters is 3. The highest BCUT2D eigenvalue weighted by Crippen LogP contribution is 2.18. The highest BCUT2D eigenvalue weighted by molar-refractivity contribution is 5.71. The third-order valence-electron chi connectivity index (χ3n) is 15.8. The van der Waals surface area contributed by atoms with Crippen LogP contribution >= 0.6 is 0 Å². The van der Waals surface area contributed by atoms with Gasteiger partial charge >= 0.3 is 17.9 Å². The van der Waals surface area contributed by atoms with E-state index in [9.17, 15) is 14.4 Å². The van der Waals surface area contributed by atoms with Crippen molar-refractivity contribution in [1.29, 1.82) is 0 Å². The van der Waals surface area contributed by atoms with Crippen molar-refractivity contribution >= 4 is 17.9 Å². The van der Waals surface area contributed by atoms with Crippen molar-refractivity contribution in [3.8, 4) is 0 Å². The summed E-state index contributed by atoms with van der Waals surface area (Å²) in [5.74, 6) is -0.845. The molecule has 1 atom stereocenters. The predicted octanol–water partition coefficient (Wildman–Crippen LogP) is 24.3. The van der Waals surface area contributed by atoms with Crippen LogP contribution in [0, 0.1) is 0 Å². The Morgan fingerprint density at radius 1 is 0.263 bits per heavy atom.